The lowest BCUT2D eigenvalue weighted by atomic mass is 9.42. The van der Waals surface area contributed by atoms with Crippen LogP contribution in [-0.2, 0) is 21.7 Å². The van der Waals surface area contributed by atoms with E-state index in [9.17, 15) is 0 Å². The van der Waals surface area contributed by atoms with Crippen LogP contribution < -0.4 is 20.6 Å². The quantitative estimate of drug-likeness (QED) is 0.151. The molecule has 70 heavy (non-hydrogen) atoms. The van der Waals surface area contributed by atoms with Gasteiger partial charge < -0.3 is 9.71 Å². The van der Waals surface area contributed by atoms with Crippen LogP contribution in [0.15, 0.2) is 176 Å². The Morgan fingerprint density at radius 2 is 1.07 bits per heavy atom. The Kier molecular flexibility index (Phi) is 7.36. The minimum absolute atomic E-state index is 0.0339. The van der Waals surface area contributed by atoms with Gasteiger partial charge in [-0.05, 0) is 132 Å². The Balaban J connectivity index is 1.12. The maximum absolute atomic E-state index is 2.85. The maximum atomic E-state index is 2.85. The number of nitrogens with zero attached hydrogens (tertiary/aromatic N) is 2. The minimum atomic E-state index is -0.528. The molecule has 0 unspecified atom stereocenters. The van der Waals surface area contributed by atoms with Crippen molar-refractivity contribution in [3.8, 4) is 33.4 Å². The molecule has 6 aliphatic rings. The third-order valence-corrected chi connectivity index (χ3v) is 19.4. The van der Waals surface area contributed by atoms with Crippen LogP contribution in [0.25, 0.3) is 53.6 Å². The number of hydrogen-bond acceptors (Lipinski definition) is 3. The van der Waals surface area contributed by atoms with E-state index >= 15 is 0 Å². The molecule has 334 valence electrons. The van der Waals surface area contributed by atoms with Crippen molar-refractivity contribution in [1.29, 1.82) is 0 Å². The molecule has 0 saturated carbocycles. The molecule has 3 aliphatic carbocycles. The topological polar surface area (TPSA) is 6.48 Å². The van der Waals surface area contributed by atoms with Gasteiger partial charge in [-0.25, -0.2) is 0 Å². The van der Waals surface area contributed by atoms with Crippen LogP contribution in [0.2, 0.25) is 0 Å². The largest absolute Gasteiger partial charge is 0.376 e. The van der Waals surface area contributed by atoms with E-state index in [0.29, 0.717) is 0 Å². The highest BCUT2D eigenvalue weighted by Gasteiger charge is 2.57. The van der Waals surface area contributed by atoms with E-state index in [0.717, 1.165) is 6.42 Å². The zero-order valence-corrected chi connectivity index (χ0v) is 41.4. The number of benzene rings is 9. The zero-order chi connectivity index (χ0) is 46.8. The molecule has 0 atom stereocenters. The van der Waals surface area contributed by atoms with Gasteiger partial charge in [-0.2, -0.15) is 0 Å². The molecule has 2 nitrogen and oxygen atoms in total. The first-order valence-electron chi connectivity index (χ1n) is 25.4. The molecule has 1 aromatic heterocycles. The first kappa shape index (κ1) is 39.7. The summed E-state index contributed by atoms with van der Waals surface area (Å²) in [6, 6.07) is 69.0. The monoisotopic (exact) mass is 914 g/mol. The van der Waals surface area contributed by atoms with Crippen molar-refractivity contribution in [3.05, 3.63) is 220 Å². The van der Waals surface area contributed by atoms with Crippen molar-refractivity contribution >= 4 is 77.7 Å². The highest BCUT2D eigenvalue weighted by Crippen LogP contribution is 2.66. The number of rotatable bonds is 1. The van der Waals surface area contributed by atoms with Gasteiger partial charge in [0.05, 0.1) is 16.8 Å². The van der Waals surface area contributed by atoms with Gasteiger partial charge in [0.1, 0.15) is 0 Å². The molecule has 0 radical (unpaired) electrons. The second-order valence-corrected chi connectivity index (χ2v) is 24.0. The fourth-order valence-corrected chi connectivity index (χ4v) is 16.2. The molecule has 0 saturated heterocycles. The second kappa shape index (κ2) is 13.0. The summed E-state index contributed by atoms with van der Waals surface area (Å²) in [5.74, 6) is 0. The Morgan fingerprint density at radius 1 is 0.443 bits per heavy atom. The average Bonchev–Trinajstić information content (AvgIpc) is 3.98. The van der Waals surface area contributed by atoms with Crippen LogP contribution in [0.1, 0.15) is 98.9 Å². The van der Waals surface area contributed by atoms with Crippen LogP contribution in [0, 0.1) is 0 Å². The highest BCUT2D eigenvalue weighted by atomic mass is 32.1. The van der Waals surface area contributed by atoms with E-state index in [2.05, 4.69) is 227 Å². The lowest BCUT2D eigenvalue weighted by molar-refractivity contribution is 0.332. The fraction of sp³-hybridized carbons (Fsp3) is 0.182. The lowest BCUT2D eigenvalue weighted by Gasteiger charge is -2.52. The van der Waals surface area contributed by atoms with Crippen LogP contribution in [0.5, 0.6) is 0 Å². The van der Waals surface area contributed by atoms with Gasteiger partial charge in [0.15, 0.2) is 0 Å². The van der Waals surface area contributed by atoms with E-state index in [1.807, 2.05) is 11.3 Å². The zero-order valence-electron chi connectivity index (χ0n) is 40.5. The molecule has 10 aromatic rings. The summed E-state index contributed by atoms with van der Waals surface area (Å²) in [5.41, 5.74) is 28.0. The number of hydrogen-bond donors (Lipinski definition) is 0. The van der Waals surface area contributed by atoms with E-state index < -0.39 is 5.41 Å². The summed E-state index contributed by atoms with van der Waals surface area (Å²) in [5, 5.41) is 2.68. The summed E-state index contributed by atoms with van der Waals surface area (Å²) >= 11 is 1.95. The van der Waals surface area contributed by atoms with Crippen molar-refractivity contribution < 1.29 is 0 Å². The Bertz CT molecular complexity index is 3990. The number of fused-ring (bicyclic) bond motifs is 22. The van der Waals surface area contributed by atoms with Crippen molar-refractivity contribution in [3.63, 3.8) is 0 Å². The van der Waals surface area contributed by atoms with Gasteiger partial charge in [-0.15, -0.1) is 11.3 Å². The third-order valence-electron chi connectivity index (χ3n) is 18.3. The summed E-state index contributed by atoms with van der Waals surface area (Å²) < 4.78 is 2.66. The Hall–Kier alpha value is -7.14. The standard InChI is InChI=1S/C66H51BN2S/c1-63(2)34-35-64(3,4)52-36-38(30-32-48(52)63)69-60-41(31-33-50-57(60)42-20-9-11-22-45(42)65(50,5)6)44-37-56-58(43-21-10-16-29-55(43)70-56)62-59(44)67(69)53-27-17-26-51-61(53)68(62)54-28-15-14-25-49(54)66(51)46-23-12-7-18-39(46)40-19-8-13-24-47(40)66/h7-33,36-37H,34-35H2,1-6H3. The number of thiophene rings is 1. The summed E-state index contributed by atoms with van der Waals surface area (Å²) in [4.78, 5) is 5.60. The SMILES string of the molecule is CC1(C)CCC(C)(C)c2cc(N3B4c5cccc6c5N(c5ccccc5C65c6ccccc6-c6ccccc65)c5c4c(cc4sc6ccccc6c54)-c4ccc5c(c43)-c3ccccc3C5(C)C)ccc21. The van der Waals surface area contributed by atoms with Gasteiger partial charge in [0, 0.05) is 53.8 Å². The van der Waals surface area contributed by atoms with Gasteiger partial charge in [-0.3, -0.25) is 0 Å². The summed E-state index contributed by atoms with van der Waals surface area (Å²) in [6.07, 6.45) is 2.35. The van der Waals surface area contributed by atoms with Gasteiger partial charge >= 0.3 is 6.85 Å². The first-order valence-corrected chi connectivity index (χ1v) is 26.2. The summed E-state index contributed by atoms with van der Waals surface area (Å²) in [7, 11) is 0. The molecular weight excluding hydrogens is 864 g/mol. The van der Waals surface area contributed by atoms with Crippen molar-refractivity contribution in [2.75, 3.05) is 9.71 Å². The molecule has 9 aromatic carbocycles. The predicted molar refractivity (Wildman–Crippen MR) is 297 cm³/mol. The van der Waals surface area contributed by atoms with E-state index in [1.54, 1.807) is 0 Å². The highest BCUT2D eigenvalue weighted by molar-refractivity contribution is 7.26. The first-order chi connectivity index (χ1) is 34.0. The maximum Gasteiger partial charge on any atom is 0.333 e. The smallest absolute Gasteiger partial charge is 0.333 e. The Labute approximate surface area is 415 Å². The Morgan fingerprint density at radius 3 is 1.84 bits per heavy atom. The predicted octanol–water partition coefficient (Wildman–Crippen LogP) is 16.1. The molecule has 0 fully saturated rings. The third kappa shape index (κ3) is 4.55. The summed E-state index contributed by atoms with van der Waals surface area (Å²) in [6.45, 7) is 14.6. The van der Waals surface area contributed by atoms with Crippen molar-refractivity contribution in [2.45, 2.75) is 76.0 Å². The van der Waals surface area contributed by atoms with Crippen molar-refractivity contribution in [1.82, 2.24) is 0 Å². The van der Waals surface area contributed by atoms with Gasteiger partial charge in [0.2, 0.25) is 0 Å². The molecule has 16 rings (SSSR count). The van der Waals surface area contributed by atoms with Crippen LogP contribution in [-0.4, -0.2) is 6.85 Å². The van der Waals surface area contributed by atoms with Crippen molar-refractivity contribution in [2.24, 2.45) is 0 Å². The normalized spacial score (nSPS) is 17.8. The van der Waals surface area contributed by atoms with Crippen LogP contribution in [0.3, 0.4) is 0 Å². The van der Waals surface area contributed by atoms with E-state index in [4.69, 9.17) is 0 Å². The molecular formula is C66H51BN2S. The van der Waals surface area contributed by atoms with Gasteiger partial charge in [0.25, 0.3) is 0 Å². The molecule has 0 bridgehead atoms. The second-order valence-electron chi connectivity index (χ2n) is 22.9. The number of anilines is 5. The molecule has 3 aliphatic heterocycles. The molecule has 0 amide bonds. The lowest BCUT2D eigenvalue weighted by Crippen LogP contribution is -2.63. The van der Waals surface area contributed by atoms with Crippen LogP contribution >= 0.6 is 11.3 Å². The molecule has 1 spiro atoms. The van der Waals surface area contributed by atoms with Gasteiger partial charge in [-0.1, -0.05) is 187 Å². The fourth-order valence-electron chi connectivity index (χ4n) is 15.0. The molecule has 4 heterocycles. The van der Waals surface area contributed by atoms with E-state index in [1.165, 1.54) is 144 Å². The molecule has 4 heteroatoms. The number of para-hydroxylation sites is 2. The van der Waals surface area contributed by atoms with E-state index in [-0.39, 0.29) is 23.1 Å². The van der Waals surface area contributed by atoms with Crippen LogP contribution in [0.4, 0.5) is 28.4 Å². The minimum Gasteiger partial charge on any atom is -0.376 e. The molecule has 0 N–H and O–H groups in total. The average molecular weight is 915 g/mol.